The molecule has 0 saturated carbocycles. The molecular weight excluding hydrogens is 308 g/mol. The van der Waals surface area contributed by atoms with Gasteiger partial charge in [-0.15, -0.1) is 0 Å². The minimum absolute atomic E-state index is 0.317. The van der Waals surface area contributed by atoms with E-state index >= 15 is 0 Å². The largest absolute Gasteiger partial charge is 0.497 e. The second kappa shape index (κ2) is 6.19. The third-order valence-corrected chi connectivity index (χ3v) is 3.62. The van der Waals surface area contributed by atoms with Crippen LogP contribution in [0, 0.1) is 13.8 Å². The van der Waals surface area contributed by atoms with Crippen molar-refractivity contribution in [1.29, 1.82) is 0 Å². The molecule has 0 aliphatic heterocycles. The molecular formula is C17H18N4O3. The number of aromatic nitrogens is 3. The van der Waals surface area contributed by atoms with Crippen molar-refractivity contribution in [3.05, 3.63) is 47.4 Å². The Bertz CT molecular complexity index is 918. The number of hydrogen-bond donors (Lipinski definition) is 1. The summed E-state index contributed by atoms with van der Waals surface area (Å²) in [4.78, 5) is 16.9. The normalized spacial score (nSPS) is 10.7. The van der Waals surface area contributed by atoms with Crippen molar-refractivity contribution < 1.29 is 14.3 Å². The number of ether oxygens (including phenoxy) is 2. The van der Waals surface area contributed by atoms with Gasteiger partial charge < -0.3 is 14.8 Å². The summed E-state index contributed by atoms with van der Waals surface area (Å²) in [5.41, 5.74) is 3.18. The first-order valence-corrected chi connectivity index (χ1v) is 7.39. The standard InChI is InChI=1S/C17H18N4O3/c1-10-7-16-18-14(8-11(2)21(16)20-10)17(22)19-13-6-5-12(23-3)9-15(13)24-4/h5-9H,1-4H3,(H,19,22). The summed E-state index contributed by atoms with van der Waals surface area (Å²) in [5.74, 6) is 0.846. The number of hydrogen-bond acceptors (Lipinski definition) is 5. The molecule has 0 bridgehead atoms. The Kier molecular flexibility index (Phi) is 4.07. The number of rotatable bonds is 4. The van der Waals surface area contributed by atoms with Crippen molar-refractivity contribution in [1.82, 2.24) is 14.6 Å². The summed E-state index contributed by atoms with van der Waals surface area (Å²) >= 11 is 0. The van der Waals surface area contributed by atoms with Gasteiger partial charge in [-0.2, -0.15) is 5.10 Å². The quantitative estimate of drug-likeness (QED) is 0.797. The first kappa shape index (κ1) is 15.8. The Morgan fingerprint density at radius 3 is 2.62 bits per heavy atom. The second-order valence-corrected chi connectivity index (χ2v) is 5.36. The molecule has 0 radical (unpaired) electrons. The van der Waals surface area contributed by atoms with E-state index in [-0.39, 0.29) is 5.91 Å². The zero-order chi connectivity index (χ0) is 17.3. The SMILES string of the molecule is COc1ccc(NC(=O)c2cc(C)n3nc(C)cc3n2)c(OC)c1. The Labute approximate surface area is 139 Å². The number of benzene rings is 1. The van der Waals surface area contributed by atoms with Gasteiger partial charge in [0.05, 0.1) is 25.6 Å². The van der Waals surface area contributed by atoms with Gasteiger partial charge in [0.25, 0.3) is 5.91 Å². The number of nitrogens with one attached hydrogen (secondary N) is 1. The summed E-state index contributed by atoms with van der Waals surface area (Å²) in [5, 5.41) is 7.15. The first-order valence-electron chi connectivity index (χ1n) is 7.39. The molecule has 1 aromatic carbocycles. The van der Waals surface area contributed by atoms with E-state index in [9.17, 15) is 4.79 Å². The predicted octanol–water partition coefficient (Wildman–Crippen LogP) is 2.62. The lowest BCUT2D eigenvalue weighted by Crippen LogP contribution is -2.15. The van der Waals surface area contributed by atoms with Crippen LogP contribution in [0.3, 0.4) is 0 Å². The molecule has 2 heterocycles. The molecule has 0 atom stereocenters. The molecule has 1 N–H and O–H groups in total. The third-order valence-electron chi connectivity index (χ3n) is 3.62. The molecule has 2 aromatic heterocycles. The van der Waals surface area contributed by atoms with E-state index in [1.54, 1.807) is 35.9 Å². The fourth-order valence-electron chi connectivity index (χ4n) is 2.44. The van der Waals surface area contributed by atoms with Gasteiger partial charge in [-0.05, 0) is 32.0 Å². The monoisotopic (exact) mass is 326 g/mol. The number of methoxy groups -OCH3 is 2. The van der Waals surface area contributed by atoms with Crippen LogP contribution in [0.2, 0.25) is 0 Å². The number of carbonyl (C=O) groups is 1. The Hall–Kier alpha value is -3.09. The van der Waals surface area contributed by atoms with Crippen molar-refractivity contribution in [3.8, 4) is 11.5 Å². The fourth-order valence-corrected chi connectivity index (χ4v) is 2.44. The van der Waals surface area contributed by atoms with Crippen molar-refractivity contribution in [2.45, 2.75) is 13.8 Å². The fraction of sp³-hybridized carbons (Fsp3) is 0.235. The topological polar surface area (TPSA) is 77.8 Å². The van der Waals surface area contributed by atoms with Crippen LogP contribution in [0.5, 0.6) is 11.5 Å². The van der Waals surface area contributed by atoms with Crippen LogP contribution in [-0.2, 0) is 0 Å². The molecule has 0 unspecified atom stereocenters. The smallest absolute Gasteiger partial charge is 0.274 e. The van der Waals surface area contributed by atoms with Gasteiger partial charge in [0.15, 0.2) is 5.65 Å². The molecule has 3 rings (SSSR count). The van der Waals surface area contributed by atoms with E-state index in [1.165, 1.54) is 7.11 Å². The van der Waals surface area contributed by atoms with Crippen molar-refractivity contribution in [2.24, 2.45) is 0 Å². The molecule has 0 saturated heterocycles. The zero-order valence-electron chi connectivity index (χ0n) is 14.0. The Morgan fingerprint density at radius 1 is 1.12 bits per heavy atom. The Morgan fingerprint density at radius 2 is 1.92 bits per heavy atom. The number of aryl methyl sites for hydroxylation is 2. The highest BCUT2D eigenvalue weighted by molar-refractivity contribution is 6.04. The molecule has 7 nitrogen and oxygen atoms in total. The number of amides is 1. The second-order valence-electron chi connectivity index (χ2n) is 5.36. The number of anilines is 1. The van der Waals surface area contributed by atoms with Crippen LogP contribution in [0.25, 0.3) is 5.65 Å². The highest BCUT2D eigenvalue weighted by atomic mass is 16.5. The van der Waals surface area contributed by atoms with Crippen LogP contribution in [-0.4, -0.2) is 34.7 Å². The van der Waals surface area contributed by atoms with Crippen molar-refractivity contribution >= 4 is 17.2 Å². The van der Waals surface area contributed by atoms with Crippen LogP contribution in [0.4, 0.5) is 5.69 Å². The van der Waals surface area contributed by atoms with E-state index in [4.69, 9.17) is 9.47 Å². The molecule has 0 aliphatic carbocycles. The lowest BCUT2D eigenvalue weighted by molar-refractivity contribution is 0.102. The molecule has 7 heteroatoms. The lowest BCUT2D eigenvalue weighted by Gasteiger charge is -2.11. The van der Waals surface area contributed by atoms with Gasteiger partial charge in [0, 0.05) is 17.8 Å². The highest BCUT2D eigenvalue weighted by Crippen LogP contribution is 2.29. The van der Waals surface area contributed by atoms with Crippen LogP contribution >= 0.6 is 0 Å². The third kappa shape index (κ3) is 2.88. The summed E-state index contributed by atoms with van der Waals surface area (Å²) in [6, 6.07) is 8.71. The van der Waals surface area contributed by atoms with E-state index < -0.39 is 0 Å². The van der Waals surface area contributed by atoms with Gasteiger partial charge in [-0.3, -0.25) is 4.79 Å². The van der Waals surface area contributed by atoms with Crippen LogP contribution in [0.1, 0.15) is 21.9 Å². The van der Waals surface area contributed by atoms with Crippen molar-refractivity contribution in [2.75, 3.05) is 19.5 Å². The van der Waals surface area contributed by atoms with Gasteiger partial charge in [-0.25, -0.2) is 9.50 Å². The maximum absolute atomic E-state index is 12.5. The maximum atomic E-state index is 12.5. The van der Waals surface area contributed by atoms with E-state index in [0.29, 0.717) is 28.5 Å². The molecule has 1 amide bonds. The van der Waals surface area contributed by atoms with Gasteiger partial charge in [0.2, 0.25) is 0 Å². The Balaban J connectivity index is 1.92. The number of carbonyl (C=O) groups excluding carboxylic acids is 1. The van der Waals surface area contributed by atoms with E-state index in [0.717, 1.165) is 11.4 Å². The first-order chi connectivity index (χ1) is 11.5. The summed E-state index contributed by atoms with van der Waals surface area (Å²) in [7, 11) is 3.11. The maximum Gasteiger partial charge on any atom is 0.274 e. The minimum Gasteiger partial charge on any atom is -0.497 e. The summed E-state index contributed by atoms with van der Waals surface area (Å²) < 4.78 is 12.2. The average molecular weight is 326 g/mol. The van der Waals surface area contributed by atoms with Gasteiger partial charge >= 0.3 is 0 Å². The van der Waals surface area contributed by atoms with Crippen molar-refractivity contribution in [3.63, 3.8) is 0 Å². The van der Waals surface area contributed by atoms with Gasteiger partial charge in [0.1, 0.15) is 17.2 Å². The molecule has 3 aromatic rings. The lowest BCUT2D eigenvalue weighted by atomic mass is 10.2. The molecule has 0 fully saturated rings. The molecule has 0 spiro atoms. The van der Waals surface area contributed by atoms with E-state index in [2.05, 4.69) is 15.4 Å². The molecule has 24 heavy (non-hydrogen) atoms. The summed E-state index contributed by atoms with van der Waals surface area (Å²) in [6.07, 6.45) is 0. The number of fused-ring (bicyclic) bond motifs is 1. The highest BCUT2D eigenvalue weighted by Gasteiger charge is 2.14. The average Bonchev–Trinajstić information content (AvgIpc) is 2.96. The van der Waals surface area contributed by atoms with Gasteiger partial charge in [-0.1, -0.05) is 0 Å². The van der Waals surface area contributed by atoms with Crippen LogP contribution < -0.4 is 14.8 Å². The molecule has 0 aliphatic rings. The number of nitrogens with zero attached hydrogens (tertiary/aromatic N) is 3. The minimum atomic E-state index is -0.317. The summed E-state index contributed by atoms with van der Waals surface area (Å²) in [6.45, 7) is 3.77. The molecule has 124 valence electrons. The van der Waals surface area contributed by atoms with E-state index in [1.807, 2.05) is 19.9 Å². The van der Waals surface area contributed by atoms with Crippen LogP contribution in [0.15, 0.2) is 30.3 Å². The predicted molar refractivity (Wildman–Crippen MR) is 90.0 cm³/mol. The zero-order valence-corrected chi connectivity index (χ0v) is 14.0.